The van der Waals surface area contributed by atoms with Crippen LogP contribution in [0.1, 0.15) is 19.8 Å². The van der Waals surface area contributed by atoms with E-state index in [0.717, 1.165) is 25.9 Å². The summed E-state index contributed by atoms with van der Waals surface area (Å²) < 4.78 is 0. The highest BCUT2D eigenvalue weighted by molar-refractivity contribution is 5.83. The number of piperazine rings is 1. The highest BCUT2D eigenvalue weighted by Gasteiger charge is 2.30. The zero-order valence-corrected chi connectivity index (χ0v) is 9.74. The molecule has 2 rings (SSSR count). The third-order valence-electron chi connectivity index (χ3n) is 3.34. The molecule has 2 aliphatic rings. The van der Waals surface area contributed by atoms with Gasteiger partial charge in [-0.15, -0.1) is 0 Å². The van der Waals surface area contributed by atoms with E-state index in [9.17, 15) is 9.59 Å². The molecule has 1 atom stereocenters. The van der Waals surface area contributed by atoms with Gasteiger partial charge in [-0.1, -0.05) is 0 Å². The molecule has 2 heterocycles. The third-order valence-corrected chi connectivity index (χ3v) is 3.34. The van der Waals surface area contributed by atoms with Crippen molar-refractivity contribution in [1.82, 2.24) is 15.1 Å². The van der Waals surface area contributed by atoms with Crippen molar-refractivity contribution in [2.75, 3.05) is 32.7 Å². The second-order valence-electron chi connectivity index (χ2n) is 4.50. The summed E-state index contributed by atoms with van der Waals surface area (Å²) in [5, 5.41) is 3.20. The molecule has 2 saturated heterocycles. The van der Waals surface area contributed by atoms with E-state index in [1.807, 2.05) is 4.90 Å². The van der Waals surface area contributed by atoms with Crippen molar-refractivity contribution in [3.8, 4) is 0 Å². The van der Waals surface area contributed by atoms with Crippen molar-refractivity contribution in [3.63, 3.8) is 0 Å². The van der Waals surface area contributed by atoms with Crippen LogP contribution in [0.25, 0.3) is 0 Å². The number of amides is 2. The van der Waals surface area contributed by atoms with Crippen molar-refractivity contribution in [2.24, 2.45) is 0 Å². The Labute approximate surface area is 95.8 Å². The van der Waals surface area contributed by atoms with Crippen LogP contribution in [0.3, 0.4) is 0 Å². The van der Waals surface area contributed by atoms with Crippen LogP contribution < -0.4 is 5.32 Å². The average Bonchev–Trinajstić information content (AvgIpc) is 2.81. The fourth-order valence-corrected chi connectivity index (χ4v) is 2.36. The Bertz CT molecular complexity index is 287. The zero-order valence-electron chi connectivity index (χ0n) is 9.74. The molecule has 0 radical (unpaired) electrons. The van der Waals surface area contributed by atoms with Gasteiger partial charge < -0.3 is 15.1 Å². The largest absolute Gasteiger partial charge is 0.341 e. The molecule has 2 fully saturated rings. The van der Waals surface area contributed by atoms with E-state index in [-0.39, 0.29) is 17.9 Å². The van der Waals surface area contributed by atoms with E-state index < -0.39 is 0 Å². The second-order valence-corrected chi connectivity index (χ2v) is 4.50. The molecule has 0 unspecified atom stereocenters. The molecule has 90 valence electrons. The summed E-state index contributed by atoms with van der Waals surface area (Å²) in [6.45, 7) is 5.24. The van der Waals surface area contributed by atoms with E-state index in [1.165, 1.54) is 0 Å². The number of likely N-dealkylation sites (tertiary alicyclic amines) is 1. The first-order valence-corrected chi connectivity index (χ1v) is 5.96. The molecule has 0 saturated carbocycles. The van der Waals surface area contributed by atoms with Crippen molar-refractivity contribution in [3.05, 3.63) is 0 Å². The molecule has 0 aromatic heterocycles. The Morgan fingerprint density at radius 2 is 1.81 bits per heavy atom. The molecular formula is C11H19N3O2. The zero-order chi connectivity index (χ0) is 11.5. The number of carbonyl (C=O) groups is 2. The van der Waals surface area contributed by atoms with Crippen LogP contribution in [0.15, 0.2) is 0 Å². The van der Waals surface area contributed by atoms with Crippen LogP contribution in [0.2, 0.25) is 0 Å². The normalized spacial score (nSPS) is 25.9. The number of nitrogens with zero attached hydrogens (tertiary/aromatic N) is 2. The van der Waals surface area contributed by atoms with Crippen molar-refractivity contribution in [2.45, 2.75) is 25.8 Å². The van der Waals surface area contributed by atoms with Crippen LogP contribution in [0.4, 0.5) is 0 Å². The van der Waals surface area contributed by atoms with E-state index in [1.54, 1.807) is 11.8 Å². The number of nitrogens with one attached hydrogen (secondary N) is 1. The van der Waals surface area contributed by atoms with Gasteiger partial charge in [-0.3, -0.25) is 9.59 Å². The molecule has 1 N–H and O–H groups in total. The maximum atomic E-state index is 12.1. The van der Waals surface area contributed by atoms with Crippen LogP contribution in [0.5, 0.6) is 0 Å². The van der Waals surface area contributed by atoms with Gasteiger partial charge in [0.25, 0.3) is 0 Å². The molecule has 2 aliphatic heterocycles. The molecule has 5 heteroatoms. The first kappa shape index (κ1) is 11.4. The van der Waals surface area contributed by atoms with Gasteiger partial charge in [0.2, 0.25) is 11.8 Å². The minimum absolute atomic E-state index is 0.0562. The summed E-state index contributed by atoms with van der Waals surface area (Å²) in [5.41, 5.74) is 0. The first-order chi connectivity index (χ1) is 7.68. The summed E-state index contributed by atoms with van der Waals surface area (Å²) in [4.78, 5) is 27.0. The molecular weight excluding hydrogens is 206 g/mol. The van der Waals surface area contributed by atoms with Gasteiger partial charge in [0.1, 0.15) is 6.04 Å². The fraction of sp³-hybridized carbons (Fsp3) is 0.818. The Kier molecular flexibility index (Phi) is 3.43. The van der Waals surface area contributed by atoms with E-state index >= 15 is 0 Å². The highest BCUT2D eigenvalue weighted by Crippen LogP contribution is 2.11. The molecule has 16 heavy (non-hydrogen) atoms. The number of hydrogen-bond donors (Lipinski definition) is 1. The summed E-state index contributed by atoms with van der Waals surface area (Å²) in [6.07, 6.45) is 2.21. The fourth-order valence-electron chi connectivity index (χ4n) is 2.36. The van der Waals surface area contributed by atoms with Crippen molar-refractivity contribution < 1.29 is 9.59 Å². The lowest BCUT2D eigenvalue weighted by atomic mass is 10.2. The quantitative estimate of drug-likeness (QED) is 0.650. The summed E-state index contributed by atoms with van der Waals surface area (Å²) in [7, 11) is 0. The summed E-state index contributed by atoms with van der Waals surface area (Å²) in [5.74, 6) is 0.212. The Hall–Kier alpha value is -1.10. The van der Waals surface area contributed by atoms with Gasteiger partial charge in [0.05, 0.1) is 0 Å². The smallest absolute Gasteiger partial charge is 0.241 e. The highest BCUT2D eigenvalue weighted by atomic mass is 16.2. The van der Waals surface area contributed by atoms with E-state index in [0.29, 0.717) is 19.6 Å². The van der Waals surface area contributed by atoms with E-state index in [4.69, 9.17) is 0 Å². The molecule has 0 aromatic carbocycles. The predicted molar refractivity (Wildman–Crippen MR) is 59.9 cm³/mol. The topological polar surface area (TPSA) is 52.7 Å². The molecule has 0 aromatic rings. The third kappa shape index (κ3) is 2.35. The van der Waals surface area contributed by atoms with Gasteiger partial charge in [0, 0.05) is 39.6 Å². The maximum absolute atomic E-state index is 12.1. The number of hydrogen-bond acceptors (Lipinski definition) is 3. The van der Waals surface area contributed by atoms with Gasteiger partial charge in [-0.05, 0) is 12.8 Å². The van der Waals surface area contributed by atoms with Crippen LogP contribution in [0, 0.1) is 0 Å². The molecule has 0 bridgehead atoms. The predicted octanol–water partition coefficient (Wildman–Crippen LogP) is -0.571. The number of rotatable bonds is 1. The average molecular weight is 225 g/mol. The SMILES string of the molecule is CC(=O)N1CCN[C@H](C(=O)N2CCCC2)C1. The molecule has 0 aliphatic carbocycles. The molecule has 0 spiro atoms. The lowest BCUT2D eigenvalue weighted by Crippen LogP contribution is -2.58. The standard InChI is InChI=1S/C11H19N3O2/c1-9(15)14-7-4-12-10(8-14)11(16)13-5-2-3-6-13/h10,12H,2-8H2,1H3/t10-/m0/s1. The minimum Gasteiger partial charge on any atom is -0.341 e. The van der Waals surface area contributed by atoms with E-state index in [2.05, 4.69) is 5.32 Å². The van der Waals surface area contributed by atoms with Crippen LogP contribution in [-0.4, -0.2) is 60.4 Å². The lowest BCUT2D eigenvalue weighted by molar-refractivity contribution is -0.136. The Morgan fingerprint density at radius 3 is 2.44 bits per heavy atom. The second kappa shape index (κ2) is 4.82. The lowest BCUT2D eigenvalue weighted by Gasteiger charge is -2.34. The van der Waals surface area contributed by atoms with Gasteiger partial charge >= 0.3 is 0 Å². The summed E-state index contributed by atoms with van der Waals surface area (Å²) in [6, 6.07) is -0.198. The van der Waals surface area contributed by atoms with Gasteiger partial charge in [0.15, 0.2) is 0 Å². The van der Waals surface area contributed by atoms with Crippen molar-refractivity contribution in [1.29, 1.82) is 0 Å². The van der Waals surface area contributed by atoms with Crippen LogP contribution in [-0.2, 0) is 9.59 Å². The van der Waals surface area contributed by atoms with Gasteiger partial charge in [-0.2, -0.15) is 0 Å². The number of carbonyl (C=O) groups excluding carboxylic acids is 2. The summed E-state index contributed by atoms with van der Waals surface area (Å²) >= 11 is 0. The van der Waals surface area contributed by atoms with Gasteiger partial charge in [-0.25, -0.2) is 0 Å². The minimum atomic E-state index is -0.198. The Balaban J connectivity index is 1.93. The maximum Gasteiger partial charge on any atom is 0.241 e. The van der Waals surface area contributed by atoms with Crippen LogP contribution >= 0.6 is 0 Å². The monoisotopic (exact) mass is 225 g/mol. The molecule has 2 amide bonds. The first-order valence-electron chi connectivity index (χ1n) is 5.96. The Morgan fingerprint density at radius 1 is 1.12 bits per heavy atom. The molecule has 5 nitrogen and oxygen atoms in total. The van der Waals surface area contributed by atoms with Crippen molar-refractivity contribution >= 4 is 11.8 Å².